The van der Waals surface area contributed by atoms with E-state index in [1.165, 1.54) is 25.7 Å². The van der Waals surface area contributed by atoms with E-state index in [0.717, 1.165) is 31.4 Å². The van der Waals surface area contributed by atoms with E-state index in [9.17, 15) is 0 Å². The second-order valence-electron chi connectivity index (χ2n) is 5.34. The fraction of sp³-hybridized carbons (Fsp3) is 0.692. The van der Waals surface area contributed by atoms with Gasteiger partial charge in [-0.25, -0.2) is 9.97 Å². The van der Waals surface area contributed by atoms with Gasteiger partial charge in [0.2, 0.25) is 0 Å². The van der Waals surface area contributed by atoms with Gasteiger partial charge in [-0.1, -0.05) is 11.6 Å². The van der Waals surface area contributed by atoms with Crippen molar-refractivity contribution in [3.8, 4) is 0 Å². The molecular weight excluding hydrogens is 248 g/mol. The smallest absolute Gasteiger partial charge is 0.150 e. The molecule has 2 fully saturated rings. The molecule has 98 valence electrons. The number of anilines is 1. The normalized spacial score (nSPS) is 23.3. The Labute approximate surface area is 113 Å². The minimum atomic E-state index is 0.579. The molecule has 1 N–H and O–H groups in total. The lowest BCUT2D eigenvalue weighted by molar-refractivity contribution is 0.567. The van der Waals surface area contributed by atoms with Gasteiger partial charge in [0, 0.05) is 19.1 Å². The second kappa shape index (κ2) is 5.41. The van der Waals surface area contributed by atoms with E-state index in [0.29, 0.717) is 11.1 Å². The van der Waals surface area contributed by atoms with Crippen LogP contribution in [0.25, 0.3) is 0 Å². The van der Waals surface area contributed by atoms with Gasteiger partial charge in [0.05, 0.1) is 6.20 Å². The minimum Gasteiger partial charge on any atom is -0.353 e. The van der Waals surface area contributed by atoms with Crippen molar-refractivity contribution in [1.29, 1.82) is 0 Å². The summed E-state index contributed by atoms with van der Waals surface area (Å²) in [6, 6.07) is 0.579. The lowest BCUT2D eigenvalue weighted by atomic mass is 10.2. The number of nitrogens with zero attached hydrogens (tertiary/aromatic N) is 3. The largest absolute Gasteiger partial charge is 0.353 e. The molecule has 0 amide bonds. The van der Waals surface area contributed by atoms with Gasteiger partial charge < -0.3 is 10.2 Å². The molecule has 1 aromatic rings. The average Bonchev–Trinajstić information content (AvgIpc) is 3.03. The van der Waals surface area contributed by atoms with E-state index in [1.807, 2.05) is 0 Å². The highest BCUT2D eigenvalue weighted by molar-refractivity contribution is 6.32. The predicted octanol–water partition coefficient (Wildman–Crippen LogP) is 2.10. The first-order valence-corrected chi connectivity index (χ1v) is 7.14. The summed E-state index contributed by atoms with van der Waals surface area (Å²) in [5.74, 6) is 1.73. The Kier molecular flexibility index (Phi) is 3.66. The first-order chi connectivity index (χ1) is 8.83. The number of rotatable bonds is 5. The first kappa shape index (κ1) is 12.2. The van der Waals surface area contributed by atoms with E-state index >= 15 is 0 Å². The van der Waals surface area contributed by atoms with Crippen LogP contribution >= 0.6 is 11.6 Å². The van der Waals surface area contributed by atoms with Gasteiger partial charge in [0.25, 0.3) is 0 Å². The highest BCUT2D eigenvalue weighted by Crippen LogP contribution is 2.32. The lowest BCUT2D eigenvalue weighted by Gasteiger charge is -2.27. The maximum absolute atomic E-state index is 6.22. The van der Waals surface area contributed by atoms with Crippen LogP contribution in [-0.4, -0.2) is 35.6 Å². The Balaban J connectivity index is 1.73. The summed E-state index contributed by atoms with van der Waals surface area (Å²) >= 11 is 6.22. The molecule has 2 aliphatic rings. The van der Waals surface area contributed by atoms with Gasteiger partial charge in [0.1, 0.15) is 11.3 Å². The van der Waals surface area contributed by atoms with Crippen molar-refractivity contribution in [3.63, 3.8) is 0 Å². The zero-order valence-corrected chi connectivity index (χ0v) is 11.2. The Hall–Kier alpha value is -0.870. The molecule has 5 heteroatoms. The van der Waals surface area contributed by atoms with E-state index in [4.69, 9.17) is 11.6 Å². The number of hydrogen-bond donors (Lipinski definition) is 1. The summed E-state index contributed by atoms with van der Waals surface area (Å²) in [6.45, 7) is 3.22. The van der Waals surface area contributed by atoms with Crippen molar-refractivity contribution in [1.82, 2.24) is 15.3 Å². The average molecular weight is 267 g/mol. The molecule has 0 spiro atoms. The quantitative estimate of drug-likeness (QED) is 0.886. The minimum absolute atomic E-state index is 0.579. The van der Waals surface area contributed by atoms with Crippen LogP contribution in [0, 0.1) is 5.92 Å². The molecule has 4 nitrogen and oxygen atoms in total. The van der Waals surface area contributed by atoms with E-state index < -0.39 is 0 Å². The monoisotopic (exact) mass is 266 g/mol. The number of halogens is 1. The van der Waals surface area contributed by atoms with Gasteiger partial charge in [-0.2, -0.15) is 0 Å². The van der Waals surface area contributed by atoms with Crippen molar-refractivity contribution in [2.75, 3.05) is 24.5 Å². The molecule has 3 rings (SSSR count). The van der Waals surface area contributed by atoms with Gasteiger partial charge in [0.15, 0.2) is 5.82 Å². The fourth-order valence-electron chi connectivity index (χ4n) is 2.58. The summed E-state index contributed by atoms with van der Waals surface area (Å²) in [4.78, 5) is 10.7. The van der Waals surface area contributed by atoms with E-state index in [2.05, 4.69) is 20.2 Å². The summed E-state index contributed by atoms with van der Waals surface area (Å²) in [6.07, 6.45) is 8.49. The predicted molar refractivity (Wildman–Crippen MR) is 73.0 cm³/mol. The van der Waals surface area contributed by atoms with Gasteiger partial charge >= 0.3 is 0 Å². The first-order valence-electron chi connectivity index (χ1n) is 6.77. The zero-order valence-electron chi connectivity index (χ0n) is 10.5. The number of nitrogens with one attached hydrogen (secondary N) is 1. The summed E-state index contributed by atoms with van der Waals surface area (Å²) in [5, 5.41) is 4.20. The Morgan fingerprint density at radius 2 is 2.22 bits per heavy atom. The van der Waals surface area contributed by atoms with Crippen molar-refractivity contribution >= 4 is 17.4 Å². The maximum atomic E-state index is 6.22. The molecule has 1 saturated heterocycles. The molecule has 0 radical (unpaired) electrons. The third-order valence-corrected chi connectivity index (χ3v) is 3.99. The van der Waals surface area contributed by atoms with Crippen molar-refractivity contribution in [2.45, 2.75) is 31.7 Å². The highest BCUT2D eigenvalue weighted by Gasteiger charge is 2.28. The van der Waals surface area contributed by atoms with Crippen LogP contribution in [0.2, 0.25) is 5.02 Å². The molecule has 1 atom stereocenters. The van der Waals surface area contributed by atoms with Crippen LogP contribution in [0.1, 0.15) is 25.7 Å². The highest BCUT2D eigenvalue weighted by atomic mass is 35.5. The Morgan fingerprint density at radius 1 is 1.33 bits per heavy atom. The van der Waals surface area contributed by atoms with E-state index in [1.54, 1.807) is 12.5 Å². The standard InChI is InChI=1S/C13H19ClN4/c14-12-6-15-9-17-13(12)18(7-10-3-4-10)8-11-2-1-5-16-11/h6,9-11,16H,1-5,7-8H2. The fourth-order valence-corrected chi connectivity index (χ4v) is 2.80. The maximum Gasteiger partial charge on any atom is 0.150 e. The van der Waals surface area contributed by atoms with Crippen LogP contribution in [0.4, 0.5) is 5.82 Å². The molecule has 1 aliphatic heterocycles. The van der Waals surface area contributed by atoms with E-state index in [-0.39, 0.29) is 0 Å². The Bertz CT molecular complexity index is 402. The Morgan fingerprint density at radius 3 is 2.89 bits per heavy atom. The van der Waals surface area contributed by atoms with Crippen molar-refractivity contribution in [3.05, 3.63) is 17.5 Å². The molecule has 18 heavy (non-hydrogen) atoms. The van der Waals surface area contributed by atoms with Gasteiger partial charge in [-0.15, -0.1) is 0 Å². The van der Waals surface area contributed by atoms with Crippen LogP contribution in [0.5, 0.6) is 0 Å². The topological polar surface area (TPSA) is 41.1 Å². The summed E-state index contributed by atoms with van der Waals surface area (Å²) in [5.41, 5.74) is 0. The van der Waals surface area contributed by atoms with Crippen molar-refractivity contribution in [2.24, 2.45) is 5.92 Å². The van der Waals surface area contributed by atoms with Crippen LogP contribution < -0.4 is 10.2 Å². The second-order valence-corrected chi connectivity index (χ2v) is 5.74. The van der Waals surface area contributed by atoms with Crippen LogP contribution in [0.15, 0.2) is 12.5 Å². The summed E-state index contributed by atoms with van der Waals surface area (Å²) in [7, 11) is 0. The van der Waals surface area contributed by atoms with Crippen LogP contribution in [0.3, 0.4) is 0 Å². The third kappa shape index (κ3) is 2.93. The van der Waals surface area contributed by atoms with Gasteiger partial charge in [-0.05, 0) is 38.1 Å². The zero-order chi connectivity index (χ0) is 12.4. The van der Waals surface area contributed by atoms with Crippen LogP contribution in [-0.2, 0) is 0 Å². The molecule has 0 bridgehead atoms. The lowest BCUT2D eigenvalue weighted by Crippen LogP contribution is -2.39. The van der Waals surface area contributed by atoms with Crippen molar-refractivity contribution < 1.29 is 0 Å². The summed E-state index contributed by atoms with van der Waals surface area (Å²) < 4.78 is 0. The molecule has 1 saturated carbocycles. The molecule has 2 heterocycles. The SMILES string of the molecule is Clc1cncnc1N(CC1CC1)CC1CCCN1. The van der Waals surface area contributed by atoms with Gasteiger partial charge in [-0.3, -0.25) is 0 Å². The molecule has 0 aromatic carbocycles. The number of aromatic nitrogens is 2. The molecule has 1 aromatic heterocycles. The number of hydrogen-bond acceptors (Lipinski definition) is 4. The molecule has 1 unspecified atom stereocenters. The third-order valence-electron chi connectivity index (χ3n) is 3.73. The molecular formula is C13H19ClN4. The molecule has 1 aliphatic carbocycles.